The van der Waals surface area contributed by atoms with Gasteiger partial charge in [0.2, 0.25) is 0 Å². The standard InChI is InChI=1S/C25H31F3N6O4S/c1-4-33(18(2)31-13-11-30(3)12-14-31)22-15-19(9-10-29-22)16-32-17-23(35)34(24(32)36)20-5-7-21(8-6-20)39(37,38)25(26,27)28/h5-10,15,18H,4,11-14,16-17H2,1-3H3. The van der Waals surface area contributed by atoms with Crippen molar-refractivity contribution in [2.45, 2.75) is 37.0 Å². The van der Waals surface area contributed by atoms with Crippen LogP contribution in [0.5, 0.6) is 0 Å². The maximum atomic E-state index is 13.1. The number of hydrogen-bond acceptors (Lipinski definition) is 8. The van der Waals surface area contributed by atoms with Gasteiger partial charge in [0, 0.05) is 45.5 Å². The summed E-state index contributed by atoms with van der Waals surface area (Å²) in [4.78, 5) is 38.3. The van der Waals surface area contributed by atoms with Crippen molar-refractivity contribution in [3.8, 4) is 0 Å². The minimum Gasteiger partial charge on any atom is -0.341 e. The molecule has 0 N–H and O–H groups in total. The number of anilines is 2. The molecule has 3 amide bonds. The van der Waals surface area contributed by atoms with Crippen LogP contribution < -0.4 is 9.80 Å². The van der Waals surface area contributed by atoms with E-state index in [-0.39, 0.29) is 24.9 Å². The fourth-order valence-corrected chi connectivity index (χ4v) is 5.54. The van der Waals surface area contributed by atoms with Crippen molar-refractivity contribution < 1.29 is 31.2 Å². The van der Waals surface area contributed by atoms with E-state index in [0.29, 0.717) is 0 Å². The van der Waals surface area contributed by atoms with E-state index >= 15 is 0 Å². The Bertz CT molecular complexity index is 1310. The molecule has 0 radical (unpaired) electrons. The van der Waals surface area contributed by atoms with E-state index in [1.54, 1.807) is 12.3 Å². The first-order chi connectivity index (χ1) is 18.3. The average molecular weight is 569 g/mol. The second-order valence-corrected chi connectivity index (χ2v) is 11.5. The number of hydrogen-bond donors (Lipinski definition) is 0. The normalized spacial score (nSPS) is 18.6. The fourth-order valence-electron chi connectivity index (χ4n) is 4.78. The molecular weight excluding hydrogens is 537 g/mol. The van der Waals surface area contributed by atoms with Gasteiger partial charge in [0.05, 0.1) is 16.7 Å². The lowest BCUT2D eigenvalue weighted by atomic mass is 10.2. The molecule has 0 aliphatic carbocycles. The number of sulfone groups is 1. The SMILES string of the molecule is CCN(c1cc(CN2CC(=O)N(c3ccc(S(=O)(=O)C(F)(F)F)cc3)C2=O)ccn1)C(C)N1CCN(C)CC1. The zero-order valence-corrected chi connectivity index (χ0v) is 22.7. The van der Waals surface area contributed by atoms with Crippen LogP contribution in [0.1, 0.15) is 19.4 Å². The van der Waals surface area contributed by atoms with Crippen LogP contribution >= 0.6 is 0 Å². The highest BCUT2D eigenvalue weighted by atomic mass is 32.2. The fraction of sp³-hybridized carbons (Fsp3) is 0.480. The topological polar surface area (TPSA) is 97.4 Å². The van der Waals surface area contributed by atoms with Gasteiger partial charge in [-0.05, 0) is 62.9 Å². The molecule has 2 aromatic rings. The molecule has 1 unspecified atom stereocenters. The number of benzene rings is 1. The molecule has 39 heavy (non-hydrogen) atoms. The second kappa shape index (κ2) is 11.1. The van der Waals surface area contributed by atoms with E-state index in [1.807, 2.05) is 13.0 Å². The molecule has 14 heteroatoms. The zero-order chi connectivity index (χ0) is 28.5. The summed E-state index contributed by atoms with van der Waals surface area (Å²) in [6.07, 6.45) is 1.77. The maximum Gasteiger partial charge on any atom is 0.501 e. The highest BCUT2D eigenvalue weighted by molar-refractivity contribution is 7.92. The van der Waals surface area contributed by atoms with Gasteiger partial charge in [-0.2, -0.15) is 13.2 Å². The molecule has 2 aliphatic rings. The van der Waals surface area contributed by atoms with Crippen molar-refractivity contribution in [2.75, 3.05) is 56.1 Å². The predicted molar refractivity (Wildman–Crippen MR) is 139 cm³/mol. The number of rotatable bonds is 8. The van der Waals surface area contributed by atoms with Crippen molar-refractivity contribution >= 4 is 33.3 Å². The van der Waals surface area contributed by atoms with E-state index in [1.165, 1.54) is 4.90 Å². The minimum atomic E-state index is -5.54. The lowest BCUT2D eigenvalue weighted by Gasteiger charge is -2.41. The smallest absolute Gasteiger partial charge is 0.341 e. The molecule has 0 spiro atoms. The summed E-state index contributed by atoms with van der Waals surface area (Å²) in [5, 5.41) is 0. The summed E-state index contributed by atoms with van der Waals surface area (Å²) in [6, 6.07) is 6.49. The number of halogens is 3. The Morgan fingerprint density at radius 1 is 1.05 bits per heavy atom. The summed E-state index contributed by atoms with van der Waals surface area (Å²) in [7, 11) is -3.44. The Kier molecular flexibility index (Phi) is 8.19. The van der Waals surface area contributed by atoms with E-state index in [2.05, 4.69) is 33.7 Å². The number of piperazine rings is 1. The van der Waals surface area contributed by atoms with Crippen LogP contribution in [0.3, 0.4) is 0 Å². The molecule has 212 valence electrons. The number of carbonyl (C=O) groups is 2. The molecule has 2 aliphatic heterocycles. The first-order valence-corrected chi connectivity index (χ1v) is 14.0. The summed E-state index contributed by atoms with van der Waals surface area (Å²) < 4.78 is 61.7. The molecule has 4 rings (SSSR count). The molecule has 10 nitrogen and oxygen atoms in total. The molecule has 0 saturated carbocycles. The van der Waals surface area contributed by atoms with E-state index < -0.39 is 32.2 Å². The van der Waals surface area contributed by atoms with Crippen molar-refractivity contribution in [1.82, 2.24) is 19.7 Å². The Morgan fingerprint density at radius 3 is 2.28 bits per heavy atom. The van der Waals surface area contributed by atoms with Gasteiger partial charge in [0.1, 0.15) is 12.4 Å². The number of amides is 3. The van der Waals surface area contributed by atoms with Gasteiger partial charge in [-0.25, -0.2) is 23.1 Å². The van der Waals surface area contributed by atoms with Gasteiger partial charge in [0.25, 0.3) is 15.7 Å². The van der Waals surface area contributed by atoms with Crippen LogP contribution in [-0.4, -0.2) is 98.0 Å². The lowest BCUT2D eigenvalue weighted by Crippen LogP contribution is -2.54. The van der Waals surface area contributed by atoms with Gasteiger partial charge in [-0.15, -0.1) is 0 Å². The van der Waals surface area contributed by atoms with Gasteiger partial charge in [-0.3, -0.25) is 9.69 Å². The molecule has 3 heterocycles. The van der Waals surface area contributed by atoms with Crippen LogP contribution in [0.25, 0.3) is 0 Å². The maximum absolute atomic E-state index is 13.1. The van der Waals surface area contributed by atoms with E-state index in [4.69, 9.17) is 0 Å². The number of nitrogens with zero attached hydrogens (tertiary/aromatic N) is 6. The van der Waals surface area contributed by atoms with Crippen LogP contribution in [0.4, 0.5) is 29.5 Å². The Morgan fingerprint density at radius 2 is 1.69 bits per heavy atom. The molecule has 1 aromatic carbocycles. The van der Waals surface area contributed by atoms with Gasteiger partial charge in [-0.1, -0.05) is 0 Å². The Balaban J connectivity index is 1.47. The molecule has 2 fully saturated rings. The largest absolute Gasteiger partial charge is 0.501 e. The third kappa shape index (κ3) is 5.87. The number of carbonyl (C=O) groups excluding carboxylic acids is 2. The highest BCUT2D eigenvalue weighted by Crippen LogP contribution is 2.32. The summed E-state index contributed by atoms with van der Waals surface area (Å²) in [5.74, 6) is 0.178. The van der Waals surface area contributed by atoms with Crippen molar-refractivity contribution in [2.24, 2.45) is 0 Å². The second-order valence-electron chi connectivity index (χ2n) is 9.59. The van der Waals surface area contributed by atoms with E-state index in [9.17, 15) is 31.2 Å². The van der Waals surface area contributed by atoms with Crippen molar-refractivity contribution in [1.29, 1.82) is 0 Å². The molecule has 2 saturated heterocycles. The number of urea groups is 1. The number of aromatic nitrogens is 1. The van der Waals surface area contributed by atoms with Crippen molar-refractivity contribution in [3.63, 3.8) is 0 Å². The van der Waals surface area contributed by atoms with Crippen molar-refractivity contribution in [3.05, 3.63) is 48.2 Å². The minimum absolute atomic E-state index is 0.0119. The first kappa shape index (κ1) is 28.8. The van der Waals surface area contributed by atoms with Crippen LogP contribution in [-0.2, 0) is 21.2 Å². The van der Waals surface area contributed by atoms with E-state index in [0.717, 1.165) is 73.3 Å². The number of pyridine rings is 1. The summed E-state index contributed by atoms with van der Waals surface area (Å²) in [5.41, 5.74) is -4.70. The van der Waals surface area contributed by atoms with Gasteiger partial charge < -0.3 is 14.7 Å². The Labute approximate surface area is 225 Å². The number of imide groups is 1. The summed E-state index contributed by atoms with van der Waals surface area (Å²) in [6.45, 7) is 8.65. The summed E-state index contributed by atoms with van der Waals surface area (Å²) >= 11 is 0. The van der Waals surface area contributed by atoms with Crippen LogP contribution in [0, 0.1) is 0 Å². The van der Waals surface area contributed by atoms with Crippen LogP contribution in [0.2, 0.25) is 0 Å². The Hall–Kier alpha value is -3.23. The van der Waals surface area contributed by atoms with Crippen LogP contribution in [0.15, 0.2) is 47.5 Å². The van der Waals surface area contributed by atoms with Gasteiger partial charge in [0.15, 0.2) is 0 Å². The third-order valence-corrected chi connectivity index (χ3v) is 8.59. The molecule has 1 aromatic heterocycles. The lowest BCUT2D eigenvalue weighted by molar-refractivity contribution is -0.116. The monoisotopic (exact) mass is 568 g/mol. The molecule has 1 atom stereocenters. The quantitative estimate of drug-likeness (QED) is 0.449. The predicted octanol–water partition coefficient (Wildman–Crippen LogP) is 2.76. The van der Waals surface area contributed by atoms with Gasteiger partial charge >= 0.3 is 11.5 Å². The number of likely N-dealkylation sites (N-methyl/N-ethyl adjacent to an activating group) is 1. The average Bonchev–Trinajstić information content (AvgIpc) is 3.16. The zero-order valence-electron chi connectivity index (χ0n) is 21.9. The molecular formula is C25H31F3N6O4S. The first-order valence-electron chi connectivity index (χ1n) is 12.5. The third-order valence-electron chi connectivity index (χ3n) is 7.08. The number of alkyl halides is 3. The molecule has 0 bridgehead atoms. The highest BCUT2D eigenvalue weighted by Gasteiger charge is 2.47.